The van der Waals surface area contributed by atoms with Crippen molar-refractivity contribution in [1.82, 2.24) is 9.71 Å². The first kappa shape index (κ1) is 23.4. The summed E-state index contributed by atoms with van der Waals surface area (Å²) >= 11 is 5.89. The van der Waals surface area contributed by atoms with Crippen LogP contribution in [0.25, 0.3) is 10.8 Å². The topological polar surface area (TPSA) is 187 Å². The molecule has 0 spiro atoms. The molecule has 0 fully saturated rings. The third-order valence-electron chi connectivity index (χ3n) is 3.42. The minimum absolute atomic E-state index is 0. The number of pyridine rings is 1. The fourth-order valence-electron chi connectivity index (χ4n) is 2.20. The van der Waals surface area contributed by atoms with Crippen molar-refractivity contribution in [2.75, 3.05) is 4.42 Å². The molecule has 0 aliphatic carbocycles. The van der Waals surface area contributed by atoms with E-state index in [1.54, 1.807) is 0 Å². The Labute approximate surface area is 170 Å². The molecule has 0 saturated carbocycles. The van der Waals surface area contributed by atoms with Crippen molar-refractivity contribution in [2.45, 2.75) is 17.4 Å². The predicted molar refractivity (Wildman–Crippen MR) is 103 cm³/mol. The van der Waals surface area contributed by atoms with Crippen LogP contribution in [0.4, 0.5) is 5.69 Å². The summed E-state index contributed by atoms with van der Waals surface area (Å²) in [5.74, 6) is -3.56. The summed E-state index contributed by atoms with van der Waals surface area (Å²) in [7, 11) is -4.33. The van der Waals surface area contributed by atoms with Crippen LogP contribution in [-0.4, -0.2) is 47.6 Å². The molecule has 2 rings (SSSR count). The van der Waals surface area contributed by atoms with Crippen LogP contribution in [0.15, 0.2) is 35.5 Å². The monoisotopic (exact) mass is 451 g/mol. The van der Waals surface area contributed by atoms with E-state index in [-0.39, 0.29) is 23.0 Å². The van der Waals surface area contributed by atoms with E-state index >= 15 is 0 Å². The normalized spacial score (nSPS) is 12.0. The lowest BCUT2D eigenvalue weighted by Gasteiger charge is -2.16. The number of guanidine groups is 1. The summed E-state index contributed by atoms with van der Waals surface area (Å²) < 4.78 is 27.5. The van der Waals surface area contributed by atoms with Gasteiger partial charge in [0.1, 0.15) is 6.04 Å². The molecule has 2 aromatic rings. The average Bonchev–Trinajstić information content (AvgIpc) is 2.58. The minimum Gasteiger partial charge on any atom is -0.481 e. The maximum atomic E-state index is 12.4. The Morgan fingerprint density at radius 1 is 1.32 bits per heavy atom. The van der Waals surface area contributed by atoms with Crippen LogP contribution in [0.1, 0.15) is 6.42 Å². The van der Waals surface area contributed by atoms with Gasteiger partial charge < -0.3 is 15.9 Å². The van der Waals surface area contributed by atoms with Crippen LogP contribution in [0.3, 0.4) is 0 Å². The van der Waals surface area contributed by atoms with Gasteiger partial charge in [-0.05, 0) is 12.1 Å². The third kappa shape index (κ3) is 5.19. The number of sulfonamides is 1. The average molecular weight is 452 g/mol. The lowest BCUT2D eigenvalue weighted by Crippen LogP contribution is -2.42. The second-order valence-electron chi connectivity index (χ2n) is 5.32. The van der Waals surface area contributed by atoms with E-state index in [1.165, 1.54) is 30.6 Å². The van der Waals surface area contributed by atoms with Gasteiger partial charge in [-0.3, -0.25) is 20.0 Å². The van der Waals surface area contributed by atoms with Crippen molar-refractivity contribution in [2.24, 2.45) is 5.73 Å². The van der Waals surface area contributed by atoms with E-state index in [0.717, 1.165) is 4.42 Å². The molecule has 1 aromatic heterocycles. The van der Waals surface area contributed by atoms with Gasteiger partial charge in [-0.2, -0.15) is 4.72 Å². The molecule has 11 nitrogen and oxygen atoms in total. The number of carboxylic acid groups (broad SMARTS) is 2. The number of aliphatic carboxylic acids is 2. The zero-order valence-corrected chi connectivity index (χ0v) is 16.3. The number of carboxylic acids is 2. The number of carbonyl (C=O) groups is 2. The smallest absolute Gasteiger partial charge is 0.322 e. The van der Waals surface area contributed by atoms with Crippen molar-refractivity contribution in [3.63, 3.8) is 0 Å². The van der Waals surface area contributed by atoms with Crippen molar-refractivity contribution in [1.29, 1.82) is 5.41 Å². The highest BCUT2D eigenvalue weighted by Gasteiger charge is 2.28. The molecule has 6 N–H and O–H groups in total. The van der Waals surface area contributed by atoms with Gasteiger partial charge in [0, 0.05) is 28.7 Å². The maximum Gasteiger partial charge on any atom is 0.322 e. The van der Waals surface area contributed by atoms with Gasteiger partial charge in [0.2, 0.25) is 16.0 Å². The van der Waals surface area contributed by atoms with Gasteiger partial charge >= 0.3 is 11.9 Å². The van der Waals surface area contributed by atoms with Crippen molar-refractivity contribution in [3.8, 4) is 0 Å². The van der Waals surface area contributed by atoms with Gasteiger partial charge in [-0.25, -0.2) is 12.8 Å². The number of nitrogens with zero attached hydrogens (tertiary/aromatic N) is 2. The number of rotatable bonds is 7. The second-order valence-corrected chi connectivity index (χ2v) is 7.37. The molecule has 1 atom stereocenters. The Balaban J connectivity index is 0.00000392. The van der Waals surface area contributed by atoms with Gasteiger partial charge in [0.05, 0.1) is 23.2 Å². The third-order valence-corrected chi connectivity index (χ3v) is 5.25. The molecule has 0 saturated heterocycles. The summed E-state index contributed by atoms with van der Waals surface area (Å²) in [6, 6.07) is 1.94. The standard InChI is InChI=1S/C14H14ClN5O6S.ClH/c15-20(14(16)17)11-6-18-5-7-3-8(1-2-9(7)11)27(25,26)19-10(13(23)24)4-12(21)22;/h1-3,5-6,10,19H,4H2,(H3,16,17)(H,21,22)(H,23,24);1H/t10-;/m1./s1. The number of fused-ring (bicyclic) bond motifs is 1. The number of halogens is 2. The lowest BCUT2D eigenvalue weighted by atomic mass is 10.1. The Bertz CT molecular complexity index is 1030. The molecular weight excluding hydrogens is 437 g/mol. The molecule has 0 unspecified atom stereocenters. The van der Waals surface area contributed by atoms with Crippen molar-refractivity contribution >= 4 is 68.6 Å². The maximum absolute atomic E-state index is 12.4. The van der Waals surface area contributed by atoms with Gasteiger partial charge in [0.15, 0.2) is 0 Å². The number of nitrogens with two attached hydrogens (primary N) is 1. The summed E-state index contributed by atoms with van der Waals surface area (Å²) in [4.78, 5) is 25.4. The summed E-state index contributed by atoms with van der Waals surface area (Å²) in [6.45, 7) is 0. The highest BCUT2D eigenvalue weighted by Crippen LogP contribution is 2.28. The summed E-state index contributed by atoms with van der Waals surface area (Å²) in [5, 5.41) is 25.8. The highest BCUT2D eigenvalue weighted by molar-refractivity contribution is 7.89. The number of anilines is 1. The summed E-state index contributed by atoms with van der Waals surface area (Å²) in [5.41, 5.74) is 5.56. The summed E-state index contributed by atoms with van der Waals surface area (Å²) in [6.07, 6.45) is 1.75. The Morgan fingerprint density at radius 2 is 1.96 bits per heavy atom. The second kappa shape index (κ2) is 9.01. The van der Waals surface area contributed by atoms with E-state index < -0.39 is 40.4 Å². The molecule has 1 aromatic carbocycles. The SMILES string of the molecule is Cl.N=C(N)N(Cl)c1cncc2cc(S(=O)(=O)N[C@H](CC(=O)O)C(=O)O)ccc12. The van der Waals surface area contributed by atoms with Gasteiger partial charge in [-0.15, -0.1) is 12.4 Å². The Morgan fingerprint density at radius 3 is 2.50 bits per heavy atom. The van der Waals surface area contributed by atoms with Crippen LogP contribution in [0.2, 0.25) is 0 Å². The number of hydrogen-bond donors (Lipinski definition) is 5. The van der Waals surface area contributed by atoms with E-state index in [4.69, 9.17) is 33.1 Å². The largest absolute Gasteiger partial charge is 0.481 e. The first-order chi connectivity index (χ1) is 12.5. The number of benzene rings is 1. The molecule has 152 valence electrons. The zero-order chi connectivity index (χ0) is 20.4. The molecule has 0 bridgehead atoms. The van der Waals surface area contributed by atoms with Crippen LogP contribution in [-0.2, 0) is 19.6 Å². The van der Waals surface area contributed by atoms with E-state index in [2.05, 4.69) is 4.98 Å². The van der Waals surface area contributed by atoms with E-state index in [9.17, 15) is 18.0 Å². The van der Waals surface area contributed by atoms with Crippen LogP contribution < -0.4 is 14.9 Å². The number of nitrogens with one attached hydrogen (secondary N) is 2. The Hall–Kier alpha value is -2.67. The predicted octanol–water partition coefficient (Wildman–Crippen LogP) is 0.716. The van der Waals surface area contributed by atoms with Crippen LogP contribution in [0, 0.1) is 5.41 Å². The van der Waals surface area contributed by atoms with Gasteiger partial charge in [0.25, 0.3) is 0 Å². The molecule has 0 aliphatic heterocycles. The van der Waals surface area contributed by atoms with Gasteiger partial charge in [-0.1, -0.05) is 6.07 Å². The first-order valence-electron chi connectivity index (χ1n) is 7.17. The molecule has 1 heterocycles. The van der Waals surface area contributed by atoms with E-state index in [0.29, 0.717) is 10.8 Å². The molecule has 28 heavy (non-hydrogen) atoms. The fourth-order valence-corrected chi connectivity index (χ4v) is 3.56. The van der Waals surface area contributed by atoms with Crippen LogP contribution in [0.5, 0.6) is 0 Å². The highest BCUT2D eigenvalue weighted by atomic mass is 35.5. The molecular formula is C14H15Cl2N5O6S. The number of hydrogen-bond acceptors (Lipinski definition) is 6. The van der Waals surface area contributed by atoms with E-state index in [1.807, 2.05) is 4.72 Å². The van der Waals surface area contributed by atoms with Crippen molar-refractivity contribution < 1.29 is 28.2 Å². The Kier molecular flexibility index (Phi) is 7.52. The minimum atomic E-state index is -4.33. The zero-order valence-electron chi connectivity index (χ0n) is 13.9. The van der Waals surface area contributed by atoms with Crippen LogP contribution >= 0.6 is 24.2 Å². The molecule has 0 amide bonds. The molecule has 0 radical (unpaired) electrons. The number of aromatic nitrogens is 1. The molecule has 0 aliphatic rings. The first-order valence-corrected chi connectivity index (χ1v) is 8.99. The quantitative estimate of drug-likeness (QED) is 0.229. The fraction of sp³-hybridized carbons (Fsp3) is 0.143. The van der Waals surface area contributed by atoms with Crippen molar-refractivity contribution in [3.05, 3.63) is 30.6 Å². The molecule has 14 heteroatoms. The lowest BCUT2D eigenvalue weighted by molar-refractivity contribution is -0.145.